The molecule has 2 rings (SSSR count). The van der Waals surface area contributed by atoms with Crippen molar-refractivity contribution in [3.8, 4) is 0 Å². The maximum absolute atomic E-state index is 13.1. The molecule has 0 saturated carbocycles. The summed E-state index contributed by atoms with van der Waals surface area (Å²) in [6.45, 7) is 4.83. The minimum absolute atomic E-state index is 0.0202. The molecule has 0 bridgehead atoms. The number of aryl methyl sites for hydroxylation is 1. The van der Waals surface area contributed by atoms with Gasteiger partial charge in [-0.25, -0.2) is 8.78 Å². The second-order valence-corrected chi connectivity index (χ2v) is 5.28. The predicted octanol–water partition coefficient (Wildman–Crippen LogP) is 4.13. The summed E-state index contributed by atoms with van der Waals surface area (Å²) in [6.07, 6.45) is 0.265. The average Bonchev–Trinajstić information content (AvgIpc) is 2.52. The summed E-state index contributed by atoms with van der Waals surface area (Å²) in [5.74, 6) is -1.81. The third kappa shape index (κ3) is 4.52. The predicted molar refractivity (Wildman–Crippen MR) is 88.7 cm³/mol. The van der Waals surface area contributed by atoms with Gasteiger partial charge in [0.1, 0.15) is 0 Å². The molecule has 0 atom stereocenters. The zero-order valence-corrected chi connectivity index (χ0v) is 13.3. The third-order valence-corrected chi connectivity index (χ3v) is 3.52. The highest BCUT2D eigenvalue weighted by Crippen LogP contribution is 2.17. The summed E-state index contributed by atoms with van der Waals surface area (Å²) in [6, 6.07) is 11.3. The molecule has 0 unspecified atom stereocenters. The van der Waals surface area contributed by atoms with E-state index >= 15 is 0 Å². The smallest absolute Gasteiger partial charge is 0.228 e. The van der Waals surface area contributed by atoms with Crippen LogP contribution in [0.25, 0.3) is 0 Å². The first-order valence-electron chi connectivity index (χ1n) is 7.57. The number of hydrogen-bond donors (Lipinski definition) is 1. The van der Waals surface area contributed by atoms with Gasteiger partial charge < -0.3 is 10.2 Å². The number of amides is 1. The van der Waals surface area contributed by atoms with Gasteiger partial charge in [-0.15, -0.1) is 0 Å². The summed E-state index contributed by atoms with van der Waals surface area (Å²) in [5.41, 5.74) is 2.41. The highest BCUT2D eigenvalue weighted by atomic mass is 19.2. The van der Waals surface area contributed by atoms with Gasteiger partial charge in [0, 0.05) is 30.9 Å². The van der Waals surface area contributed by atoms with Gasteiger partial charge in [-0.1, -0.05) is 12.1 Å². The molecule has 3 nitrogen and oxygen atoms in total. The van der Waals surface area contributed by atoms with Crippen LogP contribution in [0.3, 0.4) is 0 Å². The van der Waals surface area contributed by atoms with Crippen molar-refractivity contribution in [3.05, 3.63) is 59.7 Å². The highest BCUT2D eigenvalue weighted by molar-refractivity contribution is 5.93. The molecule has 0 heterocycles. The Bertz CT molecular complexity index is 688. The number of nitrogens with one attached hydrogen (secondary N) is 1. The molecule has 2 aromatic carbocycles. The molecule has 0 aliphatic heterocycles. The maximum atomic E-state index is 13.1. The molecular formula is C18H20F2N2O. The fourth-order valence-corrected chi connectivity index (χ4v) is 2.35. The average molecular weight is 318 g/mol. The molecule has 0 aliphatic carbocycles. The van der Waals surface area contributed by atoms with E-state index < -0.39 is 11.6 Å². The summed E-state index contributed by atoms with van der Waals surface area (Å²) >= 11 is 0. The van der Waals surface area contributed by atoms with Crippen LogP contribution in [0, 0.1) is 18.6 Å². The van der Waals surface area contributed by atoms with Gasteiger partial charge in [-0.2, -0.15) is 0 Å². The number of nitrogens with zero attached hydrogens (tertiary/aromatic N) is 1. The summed E-state index contributed by atoms with van der Waals surface area (Å²) in [4.78, 5) is 14.1. The molecule has 2 aromatic rings. The van der Waals surface area contributed by atoms with E-state index in [9.17, 15) is 13.6 Å². The Balaban J connectivity index is 1.93. The van der Waals surface area contributed by atoms with E-state index in [1.807, 2.05) is 38.1 Å². The molecule has 0 fully saturated rings. The number of hydrogen-bond acceptors (Lipinski definition) is 2. The van der Waals surface area contributed by atoms with E-state index in [4.69, 9.17) is 0 Å². The normalized spacial score (nSPS) is 10.4. The van der Waals surface area contributed by atoms with Gasteiger partial charge in [-0.05, 0) is 49.7 Å². The van der Waals surface area contributed by atoms with E-state index in [-0.39, 0.29) is 12.3 Å². The van der Waals surface area contributed by atoms with Gasteiger partial charge in [0.2, 0.25) is 5.91 Å². The molecule has 0 radical (unpaired) electrons. The van der Waals surface area contributed by atoms with Crippen LogP contribution < -0.4 is 10.2 Å². The lowest BCUT2D eigenvalue weighted by Gasteiger charge is -2.21. The quantitative estimate of drug-likeness (QED) is 0.868. The van der Waals surface area contributed by atoms with E-state index in [0.717, 1.165) is 23.4 Å². The van der Waals surface area contributed by atoms with Crippen LogP contribution in [-0.2, 0) is 4.79 Å². The van der Waals surface area contributed by atoms with Crippen molar-refractivity contribution < 1.29 is 13.6 Å². The molecule has 5 heteroatoms. The summed E-state index contributed by atoms with van der Waals surface area (Å²) in [5, 5.41) is 2.93. The summed E-state index contributed by atoms with van der Waals surface area (Å²) < 4.78 is 26.0. The number of benzene rings is 2. The number of halogens is 2. The first kappa shape index (κ1) is 16.9. The van der Waals surface area contributed by atoms with Crippen LogP contribution in [0.5, 0.6) is 0 Å². The maximum Gasteiger partial charge on any atom is 0.228 e. The fourth-order valence-electron chi connectivity index (χ4n) is 2.35. The van der Waals surface area contributed by atoms with Gasteiger partial charge in [0.25, 0.3) is 0 Å². The summed E-state index contributed by atoms with van der Waals surface area (Å²) in [7, 11) is 0. The molecule has 23 heavy (non-hydrogen) atoms. The monoisotopic (exact) mass is 318 g/mol. The number of carbonyl (C=O) groups is 1. The minimum atomic E-state index is -0.906. The third-order valence-electron chi connectivity index (χ3n) is 3.52. The molecule has 1 N–H and O–H groups in total. The molecule has 0 saturated heterocycles. The van der Waals surface area contributed by atoms with Gasteiger partial charge in [0.15, 0.2) is 11.6 Å². The standard InChI is InChI=1S/C18H20F2N2O/c1-3-22(15-6-4-5-13(2)11-15)18(23)9-10-21-14-7-8-16(19)17(20)12-14/h4-8,11-12,21H,3,9-10H2,1-2H3. The second-order valence-electron chi connectivity index (χ2n) is 5.28. The van der Waals surface area contributed by atoms with Crippen molar-refractivity contribution in [2.24, 2.45) is 0 Å². The van der Waals surface area contributed by atoms with Crippen molar-refractivity contribution in [1.29, 1.82) is 0 Å². The Morgan fingerprint density at radius 1 is 1.13 bits per heavy atom. The number of carbonyl (C=O) groups excluding carboxylic acids is 1. The zero-order valence-electron chi connectivity index (χ0n) is 13.3. The molecule has 0 spiro atoms. The van der Waals surface area contributed by atoms with Crippen molar-refractivity contribution in [2.75, 3.05) is 23.3 Å². The van der Waals surface area contributed by atoms with Crippen molar-refractivity contribution >= 4 is 17.3 Å². The molecule has 1 amide bonds. The SMILES string of the molecule is CCN(C(=O)CCNc1ccc(F)c(F)c1)c1cccc(C)c1. The van der Waals surface area contributed by atoms with E-state index in [1.165, 1.54) is 6.07 Å². The van der Waals surface area contributed by atoms with Crippen LogP contribution >= 0.6 is 0 Å². The molecule has 122 valence electrons. The Kier molecular flexibility index (Phi) is 5.68. The van der Waals surface area contributed by atoms with Crippen LogP contribution in [-0.4, -0.2) is 19.0 Å². The van der Waals surface area contributed by atoms with Crippen molar-refractivity contribution in [2.45, 2.75) is 20.3 Å². The lowest BCUT2D eigenvalue weighted by Crippen LogP contribution is -2.31. The number of anilines is 2. The first-order chi connectivity index (χ1) is 11.0. The second kappa shape index (κ2) is 7.72. The van der Waals surface area contributed by atoms with Gasteiger partial charge in [-0.3, -0.25) is 4.79 Å². The largest absolute Gasteiger partial charge is 0.384 e. The lowest BCUT2D eigenvalue weighted by atomic mass is 10.2. The first-order valence-corrected chi connectivity index (χ1v) is 7.57. The highest BCUT2D eigenvalue weighted by Gasteiger charge is 2.13. The molecule has 0 aliphatic rings. The Morgan fingerprint density at radius 3 is 2.57 bits per heavy atom. The minimum Gasteiger partial charge on any atom is -0.384 e. The molecule has 0 aromatic heterocycles. The van der Waals surface area contributed by atoms with E-state index in [0.29, 0.717) is 18.8 Å². The van der Waals surface area contributed by atoms with Gasteiger partial charge >= 0.3 is 0 Å². The lowest BCUT2D eigenvalue weighted by molar-refractivity contribution is -0.118. The van der Waals surface area contributed by atoms with Crippen LogP contribution in [0.4, 0.5) is 20.2 Å². The van der Waals surface area contributed by atoms with Crippen LogP contribution in [0.2, 0.25) is 0 Å². The van der Waals surface area contributed by atoms with Crippen molar-refractivity contribution in [1.82, 2.24) is 0 Å². The Labute approximate surface area is 134 Å². The van der Waals surface area contributed by atoms with E-state index in [1.54, 1.807) is 4.90 Å². The van der Waals surface area contributed by atoms with Gasteiger partial charge in [0.05, 0.1) is 0 Å². The molecular weight excluding hydrogens is 298 g/mol. The van der Waals surface area contributed by atoms with E-state index in [2.05, 4.69) is 5.32 Å². The Hall–Kier alpha value is -2.43. The van der Waals surface area contributed by atoms with Crippen LogP contribution in [0.15, 0.2) is 42.5 Å². The zero-order chi connectivity index (χ0) is 16.8. The number of rotatable bonds is 6. The van der Waals surface area contributed by atoms with Crippen molar-refractivity contribution in [3.63, 3.8) is 0 Å². The van der Waals surface area contributed by atoms with Crippen LogP contribution in [0.1, 0.15) is 18.9 Å². The topological polar surface area (TPSA) is 32.3 Å². The Morgan fingerprint density at radius 2 is 1.91 bits per heavy atom. The fraction of sp³-hybridized carbons (Fsp3) is 0.278.